The summed E-state index contributed by atoms with van der Waals surface area (Å²) < 4.78 is 15.6. The van der Waals surface area contributed by atoms with Gasteiger partial charge in [0, 0.05) is 30.4 Å². The van der Waals surface area contributed by atoms with Gasteiger partial charge in [-0.15, -0.1) is 0 Å². The van der Waals surface area contributed by atoms with Gasteiger partial charge in [0.1, 0.15) is 17.1 Å². The van der Waals surface area contributed by atoms with Crippen LogP contribution >= 0.6 is 11.6 Å². The minimum Gasteiger partial charge on any atom is -0.380 e. The van der Waals surface area contributed by atoms with Crippen LogP contribution in [0.3, 0.4) is 0 Å². The van der Waals surface area contributed by atoms with Crippen LogP contribution in [0.25, 0.3) is 33.5 Å². The van der Waals surface area contributed by atoms with Crippen molar-refractivity contribution in [3.63, 3.8) is 0 Å². The summed E-state index contributed by atoms with van der Waals surface area (Å²) in [7, 11) is 1.78. The number of nitrogens with two attached hydrogens (primary N) is 1. The van der Waals surface area contributed by atoms with Crippen molar-refractivity contribution in [3.05, 3.63) is 53.7 Å². The van der Waals surface area contributed by atoms with Crippen molar-refractivity contribution in [1.29, 1.82) is 0 Å². The molecule has 4 aromatic rings. The van der Waals surface area contributed by atoms with Gasteiger partial charge in [0.05, 0.1) is 10.5 Å². The Kier molecular flexibility index (Phi) is 3.58. The van der Waals surface area contributed by atoms with E-state index in [1.165, 1.54) is 0 Å². The first kappa shape index (κ1) is 15.5. The maximum absolute atomic E-state index is 14.0. The lowest BCUT2D eigenvalue weighted by atomic mass is 10.0. The molecule has 0 saturated heterocycles. The van der Waals surface area contributed by atoms with Gasteiger partial charge in [0.15, 0.2) is 5.82 Å². The number of nitrogen functional groups attached to an aromatic ring is 1. The lowest BCUT2D eigenvalue weighted by Crippen LogP contribution is -2.04. The standard InChI is InChI=1S/C17H12ClFN6/c1-25-6-4-12(24-25)15-14(22-16(19)17(20)23-15)10-7-9-3-2-5-21-13(9)11(18)8-10/h2-8H,1H3,(H2,20,23). The summed E-state index contributed by atoms with van der Waals surface area (Å²) in [6, 6.07) is 8.95. The fourth-order valence-electron chi connectivity index (χ4n) is 2.63. The molecule has 0 saturated carbocycles. The van der Waals surface area contributed by atoms with E-state index in [-0.39, 0.29) is 5.82 Å². The highest BCUT2D eigenvalue weighted by atomic mass is 35.5. The number of anilines is 1. The van der Waals surface area contributed by atoms with Gasteiger partial charge in [-0.3, -0.25) is 9.67 Å². The second kappa shape index (κ2) is 5.78. The Morgan fingerprint density at radius 1 is 1.16 bits per heavy atom. The molecule has 4 rings (SSSR count). The molecular formula is C17H12ClFN6. The summed E-state index contributed by atoms with van der Waals surface area (Å²) in [5.74, 6) is -1.12. The minimum absolute atomic E-state index is 0.280. The van der Waals surface area contributed by atoms with Crippen LogP contribution in [0.1, 0.15) is 0 Å². The third kappa shape index (κ3) is 2.68. The summed E-state index contributed by atoms with van der Waals surface area (Å²) in [6.07, 6.45) is 3.42. The molecule has 0 aliphatic heterocycles. The third-order valence-corrected chi connectivity index (χ3v) is 4.05. The molecule has 25 heavy (non-hydrogen) atoms. The van der Waals surface area contributed by atoms with Crippen LogP contribution in [0.15, 0.2) is 42.7 Å². The first-order valence-corrected chi connectivity index (χ1v) is 7.78. The monoisotopic (exact) mass is 354 g/mol. The Hall–Kier alpha value is -3.06. The molecule has 6 nitrogen and oxygen atoms in total. The Labute approximate surface area is 147 Å². The van der Waals surface area contributed by atoms with Crippen LogP contribution in [0.5, 0.6) is 0 Å². The first-order chi connectivity index (χ1) is 12.0. The highest BCUT2D eigenvalue weighted by Crippen LogP contribution is 2.33. The molecule has 8 heteroatoms. The summed E-state index contributed by atoms with van der Waals surface area (Å²) in [4.78, 5) is 12.4. The summed E-state index contributed by atoms with van der Waals surface area (Å²) >= 11 is 6.34. The molecule has 2 N–H and O–H groups in total. The van der Waals surface area contributed by atoms with E-state index < -0.39 is 5.95 Å². The van der Waals surface area contributed by atoms with E-state index in [9.17, 15) is 4.39 Å². The molecule has 124 valence electrons. The van der Waals surface area contributed by atoms with Crippen molar-refractivity contribution in [1.82, 2.24) is 24.7 Å². The smallest absolute Gasteiger partial charge is 0.256 e. The van der Waals surface area contributed by atoms with Crippen molar-refractivity contribution in [2.24, 2.45) is 7.05 Å². The Bertz CT molecular complexity index is 1110. The molecular weight excluding hydrogens is 343 g/mol. The van der Waals surface area contributed by atoms with E-state index in [1.807, 2.05) is 12.1 Å². The van der Waals surface area contributed by atoms with Crippen LogP contribution < -0.4 is 5.73 Å². The van der Waals surface area contributed by atoms with Crippen LogP contribution in [-0.4, -0.2) is 24.7 Å². The average Bonchev–Trinajstić information content (AvgIpc) is 3.03. The fraction of sp³-hybridized carbons (Fsp3) is 0.0588. The zero-order valence-electron chi connectivity index (χ0n) is 13.1. The average molecular weight is 355 g/mol. The van der Waals surface area contributed by atoms with Gasteiger partial charge in [-0.2, -0.15) is 9.49 Å². The van der Waals surface area contributed by atoms with Crippen molar-refractivity contribution >= 4 is 28.3 Å². The Morgan fingerprint density at radius 3 is 2.76 bits per heavy atom. The highest BCUT2D eigenvalue weighted by molar-refractivity contribution is 6.35. The molecule has 0 unspecified atom stereocenters. The summed E-state index contributed by atoms with van der Waals surface area (Å²) in [6.45, 7) is 0. The number of fused-ring (bicyclic) bond motifs is 1. The maximum Gasteiger partial charge on any atom is 0.256 e. The molecule has 0 aliphatic carbocycles. The second-order valence-corrected chi connectivity index (χ2v) is 5.91. The third-order valence-electron chi connectivity index (χ3n) is 3.77. The fourth-order valence-corrected chi connectivity index (χ4v) is 2.91. The molecule has 0 aliphatic rings. The van der Waals surface area contributed by atoms with Crippen molar-refractivity contribution in [2.45, 2.75) is 0 Å². The number of hydrogen-bond donors (Lipinski definition) is 1. The van der Waals surface area contributed by atoms with Crippen molar-refractivity contribution in [2.75, 3.05) is 5.73 Å². The lowest BCUT2D eigenvalue weighted by molar-refractivity contribution is 0.585. The molecule has 0 bridgehead atoms. The molecule has 0 amide bonds. The maximum atomic E-state index is 14.0. The normalized spacial score (nSPS) is 11.2. The van der Waals surface area contributed by atoms with Gasteiger partial charge in [-0.25, -0.2) is 9.97 Å². The van der Waals surface area contributed by atoms with Crippen LogP contribution in [0.2, 0.25) is 5.02 Å². The van der Waals surface area contributed by atoms with Gasteiger partial charge in [0.2, 0.25) is 0 Å². The molecule has 0 spiro atoms. The first-order valence-electron chi connectivity index (χ1n) is 7.40. The molecule has 1 aromatic carbocycles. The Balaban J connectivity index is 2.00. The molecule has 0 radical (unpaired) electrons. The van der Waals surface area contributed by atoms with E-state index >= 15 is 0 Å². The van der Waals surface area contributed by atoms with E-state index in [1.54, 1.807) is 42.3 Å². The van der Waals surface area contributed by atoms with E-state index in [0.717, 1.165) is 5.39 Å². The van der Waals surface area contributed by atoms with Gasteiger partial charge in [0.25, 0.3) is 5.95 Å². The van der Waals surface area contributed by atoms with Gasteiger partial charge in [-0.05, 0) is 24.3 Å². The molecule has 3 heterocycles. The molecule has 0 atom stereocenters. The lowest BCUT2D eigenvalue weighted by Gasteiger charge is -2.10. The summed E-state index contributed by atoms with van der Waals surface area (Å²) in [5.41, 5.74) is 8.13. The minimum atomic E-state index is -0.836. The van der Waals surface area contributed by atoms with Crippen molar-refractivity contribution < 1.29 is 4.39 Å². The number of pyridine rings is 1. The SMILES string of the molecule is Cn1ccc(-c2nc(N)c(F)nc2-c2cc(Cl)c3ncccc3c2)n1. The number of aryl methyl sites for hydroxylation is 1. The van der Waals surface area contributed by atoms with Crippen LogP contribution in [0, 0.1) is 5.95 Å². The topological polar surface area (TPSA) is 82.5 Å². The number of hydrogen-bond acceptors (Lipinski definition) is 5. The largest absolute Gasteiger partial charge is 0.380 e. The molecule has 3 aromatic heterocycles. The van der Waals surface area contributed by atoms with Gasteiger partial charge >= 0.3 is 0 Å². The highest BCUT2D eigenvalue weighted by Gasteiger charge is 2.18. The number of rotatable bonds is 2. The quantitative estimate of drug-likeness (QED) is 0.596. The van der Waals surface area contributed by atoms with E-state index in [0.29, 0.717) is 33.2 Å². The number of aromatic nitrogens is 5. The van der Waals surface area contributed by atoms with Gasteiger partial charge in [-0.1, -0.05) is 17.7 Å². The summed E-state index contributed by atoms with van der Waals surface area (Å²) in [5, 5.41) is 5.57. The second-order valence-electron chi connectivity index (χ2n) is 5.50. The zero-order valence-corrected chi connectivity index (χ0v) is 13.9. The predicted molar refractivity (Wildman–Crippen MR) is 94.4 cm³/mol. The molecule has 0 fully saturated rings. The van der Waals surface area contributed by atoms with E-state index in [2.05, 4.69) is 20.1 Å². The predicted octanol–water partition coefficient (Wildman–Crippen LogP) is 3.47. The van der Waals surface area contributed by atoms with E-state index in [4.69, 9.17) is 17.3 Å². The van der Waals surface area contributed by atoms with Crippen LogP contribution in [0.4, 0.5) is 10.2 Å². The van der Waals surface area contributed by atoms with Gasteiger partial charge < -0.3 is 5.73 Å². The Morgan fingerprint density at radius 2 is 2.00 bits per heavy atom. The number of halogens is 2. The number of nitrogens with zero attached hydrogens (tertiary/aromatic N) is 5. The zero-order chi connectivity index (χ0) is 17.6. The number of benzene rings is 1. The van der Waals surface area contributed by atoms with Crippen molar-refractivity contribution in [3.8, 4) is 22.6 Å². The van der Waals surface area contributed by atoms with Crippen LogP contribution in [-0.2, 0) is 7.05 Å².